The topological polar surface area (TPSA) is 58.1 Å². The second-order valence-electron chi connectivity index (χ2n) is 7.48. The van der Waals surface area contributed by atoms with E-state index in [1.54, 1.807) is 0 Å². The van der Waals surface area contributed by atoms with Crippen molar-refractivity contribution in [1.82, 2.24) is 15.5 Å². The highest BCUT2D eigenvalue weighted by molar-refractivity contribution is 14.0. The maximum Gasteiger partial charge on any atom is 0.191 e. The minimum absolute atomic E-state index is 0. The van der Waals surface area contributed by atoms with Crippen LogP contribution in [0.25, 0.3) is 0 Å². The van der Waals surface area contributed by atoms with Crippen LogP contribution in [0.2, 0.25) is 0 Å². The molecule has 2 unspecified atom stereocenters. The summed E-state index contributed by atoms with van der Waals surface area (Å²) in [6, 6.07) is 0.608. The van der Waals surface area contributed by atoms with Crippen molar-refractivity contribution < 1.29 is 9.47 Å². The third kappa shape index (κ3) is 8.83. The molecular weight excluding hydrogens is 455 g/mol. The summed E-state index contributed by atoms with van der Waals surface area (Å²) in [6.07, 6.45) is 7.49. The Kier molecular flexibility index (Phi) is 13.7. The van der Waals surface area contributed by atoms with Gasteiger partial charge in [-0.1, -0.05) is 26.7 Å². The maximum atomic E-state index is 5.81. The molecule has 2 N–H and O–H groups in total. The number of hydrogen-bond acceptors (Lipinski definition) is 4. The lowest BCUT2D eigenvalue weighted by Gasteiger charge is -2.34. The molecule has 0 aliphatic carbocycles. The lowest BCUT2D eigenvalue weighted by atomic mass is 9.93. The molecule has 0 aromatic carbocycles. The molecule has 2 aliphatic heterocycles. The molecule has 2 atom stereocenters. The van der Waals surface area contributed by atoms with E-state index in [2.05, 4.69) is 34.4 Å². The fourth-order valence-electron chi connectivity index (χ4n) is 4.10. The van der Waals surface area contributed by atoms with Gasteiger partial charge in [-0.3, -0.25) is 9.89 Å². The summed E-state index contributed by atoms with van der Waals surface area (Å²) in [7, 11) is 1.85. The van der Waals surface area contributed by atoms with E-state index < -0.39 is 0 Å². The van der Waals surface area contributed by atoms with E-state index in [-0.39, 0.29) is 24.0 Å². The average molecular weight is 496 g/mol. The fourth-order valence-corrected chi connectivity index (χ4v) is 4.10. The van der Waals surface area contributed by atoms with Crippen LogP contribution in [-0.2, 0) is 9.47 Å². The van der Waals surface area contributed by atoms with E-state index in [1.807, 2.05) is 7.05 Å². The van der Waals surface area contributed by atoms with Crippen molar-refractivity contribution in [2.24, 2.45) is 10.9 Å². The van der Waals surface area contributed by atoms with Crippen LogP contribution < -0.4 is 10.6 Å². The number of hydrogen-bond donors (Lipinski definition) is 2. The van der Waals surface area contributed by atoms with E-state index in [0.29, 0.717) is 12.1 Å². The number of likely N-dealkylation sites (tertiary alicyclic amines) is 1. The van der Waals surface area contributed by atoms with Gasteiger partial charge in [-0.05, 0) is 44.7 Å². The molecule has 2 saturated heterocycles. The van der Waals surface area contributed by atoms with Crippen LogP contribution in [0, 0.1) is 5.92 Å². The zero-order valence-electron chi connectivity index (χ0n) is 17.5. The Bertz CT molecular complexity index is 393. The number of nitrogens with zero attached hydrogens (tertiary/aromatic N) is 2. The van der Waals surface area contributed by atoms with Gasteiger partial charge in [0.25, 0.3) is 0 Å². The number of aliphatic imine (C=N–C) groups is 1. The Hall–Kier alpha value is -0.120. The third-order valence-corrected chi connectivity index (χ3v) is 5.76. The summed E-state index contributed by atoms with van der Waals surface area (Å²) < 4.78 is 11.1. The van der Waals surface area contributed by atoms with Crippen molar-refractivity contribution in [3.8, 4) is 0 Å². The van der Waals surface area contributed by atoms with Crippen LogP contribution in [0.5, 0.6) is 0 Å². The summed E-state index contributed by atoms with van der Waals surface area (Å²) >= 11 is 0. The number of halogens is 1. The van der Waals surface area contributed by atoms with Gasteiger partial charge >= 0.3 is 0 Å². The van der Waals surface area contributed by atoms with Crippen LogP contribution in [-0.4, -0.2) is 76.1 Å². The molecule has 0 saturated carbocycles. The zero-order valence-corrected chi connectivity index (χ0v) is 19.9. The normalized spacial score (nSPS) is 22.1. The first-order chi connectivity index (χ1) is 12.8. The standard InChI is InChI=1S/C20H40N4O2.HI/c1-4-17(5-2)19(24-11-6-7-12-24)15-23-20(21-3)22-10-8-13-26-18-9-14-25-16-18;/h17-19H,4-16H2,1-3H3,(H2,21,22,23);1H. The Morgan fingerprint density at radius 1 is 1.22 bits per heavy atom. The van der Waals surface area contributed by atoms with Crippen LogP contribution >= 0.6 is 24.0 Å². The summed E-state index contributed by atoms with van der Waals surface area (Å²) in [5.41, 5.74) is 0. The number of nitrogens with one attached hydrogen (secondary N) is 2. The number of ether oxygens (including phenoxy) is 2. The quantitative estimate of drug-likeness (QED) is 0.200. The van der Waals surface area contributed by atoms with Gasteiger partial charge in [-0.25, -0.2) is 0 Å². The predicted octanol–water partition coefficient (Wildman–Crippen LogP) is 2.87. The van der Waals surface area contributed by atoms with Gasteiger partial charge in [0.2, 0.25) is 0 Å². The Balaban J connectivity index is 0.00000364. The summed E-state index contributed by atoms with van der Waals surface area (Å²) in [5.74, 6) is 1.66. The SMILES string of the molecule is CCC(CC)C(CNC(=NC)NCCCOC1CCOC1)N1CCCC1.I. The molecule has 6 nitrogen and oxygen atoms in total. The maximum absolute atomic E-state index is 5.81. The Labute approximate surface area is 183 Å². The van der Waals surface area contributed by atoms with Gasteiger partial charge in [0.05, 0.1) is 12.7 Å². The van der Waals surface area contributed by atoms with Crippen LogP contribution in [0.1, 0.15) is 52.4 Å². The smallest absolute Gasteiger partial charge is 0.191 e. The fraction of sp³-hybridized carbons (Fsp3) is 0.950. The number of rotatable bonds is 11. The second kappa shape index (κ2) is 14.8. The average Bonchev–Trinajstić information content (AvgIpc) is 3.37. The van der Waals surface area contributed by atoms with Gasteiger partial charge in [-0.15, -0.1) is 24.0 Å². The highest BCUT2D eigenvalue weighted by Gasteiger charge is 2.27. The minimum Gasteiger partial charge on any atom is -0.379 e. The summed E-state index contributed by atoms with van der Waals surface area (Å²) in [5, 5.41) is 6.99. The monoisotopic (exact) mass is 496 g/mol. The molecule has 0 aromatic rings. The molecule has 2 aliphatic rings. The highest BCUT2D eigenvalue weighted by atomic mass is 127. The van der Waals surface area contributed by atoms with Gasteiger partial charge in [0.15, 0.2) is 5.96 Å². The molecule has 0 radical (unpaired) electrons. The lowest BCUT2D eigenvalue weighted by Crippen LogP contribution is -2.49. The van der Waals surface area contributed by atoms with Crippen molar-refractivity contribution in [3.05, 3.63) is 0 Å². The van der Waals surface area contributed by atoms with E-state index in [4.69, 9.17) is 9.47 Å². The number of guanidine groups is 1. The first-order valence-corrected chi connectivity index (χ1v) is 10.7. The van der Waals surface area contributed by atoms with Crippen LogP contribution in [0.15, 0.2) is 4.99 Å². The Morgan fingerprint density at radius 2 is 1.96 bits per heavy atom. The molecular formula is C20H41IN4O2. The molecule has 0 amide bonds. The molecule has 7 heteroatoms. The molecule has 0 bridgehead atoms. The minimum atomic E-state index is 0. The van der Waals surface area contributed by atoms with E-state index in [1.165, 1.54) is 38.8 Å². The van der Waals surface area contributed by atoms with Gasteiger partial charge in [0, 0.05) is 39.4 Å². The molecule has 160 valence electrons. The second-order valence-corrected chi connectivity index (χ2v) is 7.48. The van der Waals surface area contributed by atoms with Gasteiger partial charge in [-0.2, -0.15) is 0 Å². The van der Waals surface area contributed by atoms with E-state index in [0.717, 1.165) is 57.6 Å². The van der Waals surface area contributed by atoms with E-state index in [9.17, 15) is 0 Å². The molecule has 27 heavy (non-hydrogen) atoms. The lowest BCUT2D eigenvalue weighted by molar-refractivity contribution is 0.0420. The largest absolute Gasteiger partial charge is 0.379 e. The van der Waals surface area contributed by atoms with Gasteiger partial charge in [0.1, 0.15) is 0 Å². The molecule has 2 heterocycles. The molecule has 2 fully saturated rings. The van der Waals surface area contributed by atoms with Gasteiger partial charge < -0.3 is 20.1 Å². The van der Waals surface area contributed by atoms with Crippen LogP contribution in [0.4, 0.5) is 0 Å². The summed E-state index contributed by atoms with van der Waals surface area (Å²) in [4.78, 5) is 7.06. The van der Waals surface area contributed by atoms with Crippen LogP contribution in [0.3, 0.4) is 0 Å². The van der Waals surface area contributed by atoms with Crippen molar-refractivity contribution >= 4 is 29.9 Å². The molecule has 0 spiro atoms. The van der Waals surface area contributed by atoms with Crippen molar-refractivity contribution in [2.45, 2.75) is 64.5 Å². The zero-order chi connectivity index (χ0) is 18.6. The first-order valence-electron chi connectivity index (χ1n) is 10.7. The summed E-state index contributed by atoms with van der Waals surface area (Å²) in [6.45, 7) is 11.4. The third-order valence-electron chi connectivity index (χ3n) is 5.76. The molecule has 0 aromatic heterocycles. The van der Waals surface area contributed by atoms with Crippen molar-refractivity contribution in [3.63, 3.8) is 0 Å². The highest BCUT2D eigenvalue weighted by Crippen LogP contribution is 2.22. The van der Waals surface area contributed by atoms with Crippen molar-refractivity contribution in [2.75, 3.05) is 53.0 Å². The Morgan fingerprint density at radius 3 is 2.56 bits per heavy atom. The van der Waals surface area contributed by atoms with E-state index >= 15 is 0 Å². The molecule has 2 rings (SSSR count). The first kappa shape index (κ1) is 24.9. The van der Waals surface area contributed by atoms with Crippen molar-refractivity contribution in [1.29, 1.82) is 0 Å². The predicted molar refractivity (Wildman–Crippen MR) is 123 cm³/mol.